The molecule has 6 heteroatoms. The second-order valence-corrected chi connectivity index (χ2v) is 6.02. The van der Waals surface area contributed by atoms with Crippen LogP contribution in [0.2, 0.25) is 0 Å². The molecule has 0 aliphatic carbocycles. The van der Waals surface area contributed by atoms with Crippen molar-refractivity contribution in [3.63, 3.8) is 0 Å². The summed E-state index contributed by atoms with van der Waals surface area (Å²) < 4.78 is 0.673. The number of rotatable bonds is 2. The molecule has 2 N–H and O–H groups in total. The van der Waals surface area contributed by atoms with Gasteiger partial charge in [0.15, 0.2) is 0 Å². The van der Waals surface area contributed by atoms with Gasteiger partial charge in [0, 0.05) is 13.1 Å². The molecule has 1 aliphatic heterocycles. The largest absolute Gasteiger partial charge is 0.389 e. The molecule has 2 aromatic rings. The first kappa shape index (κ1) is 11.8. The molecule has 3 heterocycles. The molecule has 0 bridgehead atoms. The summed E-state index contributed by atoms with van der Waals surface area (Å²) in [5, 5.41) is 11.8. The van der Waals surface area contributed by atoms with E-state index in [2.05, 4.69) is 14.9 Å². The lowest BCUT2D eigenvalue weighted by molar-refractivity contribution is 0.0676. The molecule has 2 aromatic heterocycles. The minimum Gasteiger partial charge on any atom is -0.389 e. The normalized spacial score (nSPS) is 25.0. The molecule has 18 heavy (non-hydrogen) atoms. The summed E-state index contributed by atoms with van der Waals surface area (Å²) in [6, 6.07) is 1.86. The first-order chi connectivity index (χ1) is 8.53. The number of H-pyrrole nitrogens is 1. The molecule has 0 radical (unpaired) electrons. The molecule has 0 saturated carbocycles. The summed E-state index contributed by atoms with van der Waals surface area (Å²) in [5.74, 6) is 0.670. The van der Waals surface area contributed by atoms with E-state index in [9.17, 15) is 9.90 Å². The van der Waals surface area contributed by atoms with Crippen LogP contribution in [0.5, 0.6) is 0 Å². The van der Waals surface area contributed by atoms with E-state index in [1.807, 2.05) is 18.4 Å². The number of hydrogen-bond acceptors (Lipinski definition) is 5. The van der Waals surface area contributed by atoms with Crippen LogP contribution >= 0.6 is 11.3 Å². The maximum Gasteiger partial charge on any atom is 0.268 e. The zero-order chi connectivity index (χ0) is 12.8. The number of β-amino-alcohol motifs (C(OH)–C–C–N with tert-alkyl or cyclic N) is 1. The van der Waals surface area contributed by atoms with Gasteiger partial charge in [0.1, 0.15) is 10.5 Å². The zero-order valence-electron chi connectivity index (χ0n) is 10.1. The average Bonchev–Trinajstić information content (AvgIpc) is 2.85. The Hall–Kier alpha value is -1.24. The smallest absolute Gasteiger partial charge is 0.268 e. The van der Waals surface area contributed by atoms with Crippen LogP contribution < -0.4 is 5.56 Å². The molecule has 96 valence electrons. The number of nitrogens with zero attached hydrogens (tertiary/aromatic N) is 2. The Morgan fingerprint density at radius 1 is 1.67 bits per heavy atom. The maximum atomic E-state index is 11.8. The molecule has 5 nitrogen and oxygen atoms in total. The second-order valence-electron chi connectivity index (χ2n) is 5.11. The average molecular weight is 265 g/mol. The van der Waals surface area contributed by atoms with Crippen LogP contribution in [0.4, 0.5) is 0 Å². The molecule has 3 rings (SSSR count). The van der Waals surface area contributed by atoms with E-state index in [0.29, 0.717) is 23.6 Å². The fourth-order valence-electron chi connectivity index (χ4n) is 2.38. The van der Waals surface area contributed by atoms with Gasteiger partial charge in [-0.2, -0.15) is 0 Å². The van der Waals surface area contributed by atoms with Crippen LogP contribution in [0.3, 0.4) is 0 Å². The number of fused-ring (bicyclic) bond motifs is 1. The molecule has 1 fully saturated rings. The first-order valence-corrected chi connectivity index (χ1v) is 6.83. The van der Waals surface area contributed by atoms with Crippen molar-refractivity contribution in [2.75, 3.05) is 13.1 Å². The Bertz CT molecular complexity index is 632. The Labute approximate surface area is 108 Å². The summed E-state index contributed by atoms with van der Waals surface area (Å²) in [5.41, 5.74) is 0.0629. The summed E-state index contributed by atoms with van der Waals surface area (Å²) in [7, 11) is 0. The van der Waals surface area contributed by atoms with E-state index in [1.165, 1.54) is 11.3 Å². The van der Waals surface area contributed by atoms with Crippen molar-refractivity contribution < 1.29 is 5.11 Å². The van der Waals surface area contributed by atoms with Gasteiger partial charge in [-0.15, -0.1) is 11.3 Å². The van der Waals surface area contributed by atoms with E-state index in [4.69, 9.17) is 0 Å². The lowest BCUT2D eigenvalue weighted by Crippen LogP contribution is -2.30. The number of aromatic nitrogens is 2. The molecule has 1 atom stereocenters. The van der Waals surface area contributed by atoms with Crippen molar-refractivity contribution in [3.05, 3.63) is 27.6 Å². The topological polar surface area (TPSA) is 69.2 Å². The fraction of sp³-hybridized carbons (Fsp3) is 0.500. The van der Waals surface area contributed by atoms with Crippen LogP contribution in [0.25, 0.3) is 10.2 Å². The number of nitrogens with one attached hydrogen (secondary N) is 1. The fourth-order valence-corrected chi connectivity index (χ4v) is 3.11. The van der Waals surface area contributed by atoms with E-state index in [1.54, 1.807) is 0 Å². The Balaban J connectivity index is 1.85. The van der Waals surface area contributed by atoms with Gasteiger partial charge in [-0.05, 0) is 24.8 Å². The standard InChI is InChI=1S/C12H15N3O2S/c1-12(17)3-4-15(7-12)6-9-13-8-2-5-18-10(8)11(16)14-9/h2,5,17H,3-4,6-7H2,1H3,(H,13,14,16). The lowest BCUT2D eigenvalue weighted by Gasteiger charge is -2.18. The number of aromatic amines is 1. The zero-order valence-corrected chi connectivity index (χ0v) is 11.0. The summed E-state index contributed by atoms with van der Waals surface area (Å²) >= 11 is 1.41. The van der Waals surface area contributed by atoms with Gasteiger partial charge in [0.05, 0.1) is 17.7 Å². The van der Waals surface area contributed by atoms with Crippen molar-refractivity contribution in [2.24, 2.45) is 0 Å². The molecule has 0 spiro atoms. The SMILES string of the molecule is CC1(O)CCN(Cc2nc3ccsc3c(=O)[nH]2)C1. The predicted octanol–water partition coefficient (Wildman–Crippen LogP) is 0.941. The van der Waals surface area contributed by atoms with E-state index < -0.39 is 5.60 Å². The molecular formula is C12H15N3O2S. The molecular weight excluding hydrogens is 250 g/mol. The van der Waals surface area contributed by atoms with Gasteiger partial charge in [0.25, 0.3) is 5.56 Å². The van der Waals surface area contributed by atoms with Gasteiger partial charge >= 0.3 is 0 Å². The van der Waals surface area contributed by atoms with Crippen LogP contribution in [0.1, 0.15) is 19.2 Å². The highest BCUT2D eigenvalue weighted by atomic mass is 32.1. The molecule has 1 saturated heterocycles. The molecule has 1 aliphatic rings. The van der Waals surface area contributed by atoms with Crippen LogP contribution in [0, 0.1) is 0 Å². The number of aliphatic hydroxyl groups is 1. The third-order valence-electron chi connectivity index (χ3n) is 3.27. The lowest BCUT2D eigenvalue weighted by atomic mass is 10.1. The van der Waals surface area contributed by atoms with E-state index >= 15 is 0 Å². The number of likely N-dealkylation sites (tertiary alicyclic amines) is 1. The van der Waals surface area contributed by atoms with Crippen molar-refractivity contribution in [2.45, 2.75) is 25.5 Å². The van der Waals surface area contributed by atoms with Crippen molar-refractivity contribution in [1.82, 2.24) is 14.9 Å². The Kier molecular flexibility index (Phi) is 2.73. The van der Waals surface area contributed by atoms with Crippen molar-refractivity contribution >= 4 is 21.6 Å². The van der Waals surface area contributed by atoms with Gasteiger partial charge in [-0.3, -0.25) is 9.69 Å². The van der Waals surface area contributed by atoms with E-state index in [-0.39, 0.29) is 5.56 Å². The molecule has 0 amide bonds. The molecule has 1 unspecified atom stereocenters. The molecule has 0 aromatic carbocycles. The summed E-state index contributed by atoms with van der Waals surface area (Å²) in [6.45, 7) is 3.87. The summed E-state index contributed by atoms with van der Waals surface area (Å²) in [4.78, 5) is 21.2. The highest BCUT2D eigenvalue weighted by Crippen LogP contribution is 2.21. The minimum absolute atomic E-state index is 0.0732. The van der Waals surface area contributed by atoms with E-state index in [0.717, 1.165) is 18.5 Å². The van der Waals surface area contributed by atoms with Crippen LogP contribution in [0.15, 0.2) is 16.2 Å². The minimum atomic E-state index is -0.618. The summed E-state index contributed by atoms with van der Waals surface area (Å²) in [6.07, 6.45) is 0.762. The van der Waals surface area contributed by atoms with Crippen molar-refractivity contribution in [1.29, 1.82) is 0 Å². The highest BCUT2D eigenvalue weighted by molar-refractivity contribution is 7.17. The highest BCUT2D eigenvalue weighted by Gasteiger charge is 2.31. The Morgan fingerprint density at radius 2 is 2.50 bits per heavy atom. The monoisotopic (exact) mass is 265 g/mol. The maximum absolute atomic E-state index is 11.8. The quantitative estimate of drug-likeness (QED) is 0.848. The predicted molar refractivity (Wildman–Crippen MR) is 70.8 cm³/mol. The third-order valence-corrected chi connectivity index (χ3v) is 4.17. The van der Waals surface area contributed by atoms with Crippen LogP contribution in [-0.2, 0) is 6.54 Å². The van der Waals surface area contributed by atoms with Gasteiger partial charge in [-0.25, -0.2) is 4.98 Å². The van der Waals surface area contributed by atoms with Gasteiger partial charge < -0.3 is 10.1 Å². The number of thiophene rings is 1. The first-order valence-electron chi connectivity index (χ1n) is 5.95. The van der Waals surface area contributed by atoms with Gasteiger partial charge in [-0.1, -0.05) is 0 Å². The second kappa shape index (κ2) is 4.15. The number of hydrogen-bond donors (Lipinski definition) is 2. The third kappa shape index (κ3) is 2.19. The Morgan fingerprint density at radius 3 is 3.22 bits per heavy atom. The van der Waals surface area contributed by atoms with Gasteiger partial charge in [0.2, 0.25) is 0 Å². The van der Waals surface area contributed by atoms with Crippen molar-refractivity contribution in [3.8, 4) is 0 Å². The van der Waals surface area contributed by atoms with Crippen LogP contribution in [-0.4, -0.2) is 38.7 Å².